The molecule has 0 aromatic heterocycles. The molecule has 0 saturated carbocycles. The summed E-state index contributed by atoms with van der Waals surface area (Å²) in [6, 6.07) is 0. The Morgan fingerprint density at radius 1 is 1.50 bits per heavy atom. The van der Waals surface area contributed by atoms with Gasteiger partial charge in [-0.2, -0.15) is 0 Å². The third-order valence-corrected chi connectivity index (χ3v) is 2.08. The van der Waals surface area contributed by atoms with E-state index in [1.807, 2.05) is 0 Å². The van der Waals surface area contributed by atoms with Crippen molar-refractivity contribution in [2.24, 2.45) is 0 Å². The molecule has 0 fully saturated rings. The van der Waals surface area contributed by atoms with Crippen LogP contribution in [0.5, 0.6) is 0 Å². The van der Waals surface area contributed by atoms with Crippen LogP contribution in [0.2, 0.25) is 0 Å². The molecule has 1 atom stereocenters. The monoisotopic (exact) mass is 240 g/mol. The number of hydrogen-bond acceptors (Lipinski definition) is 3. The number of rotatable bonds is 2. The predicted molar refractivity (Wildman–Crippen MR) is 47.3 cm³/mol. The number of halogens is 2. The third kappa shape index (κ3) is 2.52. The molecule has 1 aliphatic heterocycles. The number of ether oxygens (including phenoxy) is 1. The van der Waals surface area contributed by atoms with E-state index in [0.29, 0.717) is 0 Å². The van der Waals surface area contributed by atoms with Crippen LogP contribution in [-0.4, -0.2) is 32.6 Å². The Labute approximate surface area is 88.9 Å². The maximum atomic E-state index is 10.5. The Morgan fingerprint density at radius 2 is 2.07 bits per heavy atom. The Bertz CT molecular complexity index is 309. The maximum Gasteiger partial charge on any atom is 0.370 e. The smallest absolute Gasteiger partial charge is 0.370 e. The number of carboxylic acid groups (broad SMARTS) is 2. The van der Waals surface area contributed by atoms with Gasteiger partial charge < -0.3 is 14.9 Å². The van der Waals surface area contributed by atoms with Crippen LogP contribution in [0.1, 0.15) is 6.42 Å². The summed E-state index contributed by atoms with van der Waals surface area (Å²) in [4.78, 5) is 21.1. The van der Waals surface area contributed by atoms with Gasteiger partial charge in [-0.1, -0.05) is 23.2 Å². The lowest BCUT2D eigenvalue weighted by Crippen LogP contribution is -2.35. The van der Waals surface area contributed by atoms with Crippen LogP contribution < -0.4 is 0 Å². The van der Waals surface area contributed by atoms with Gasteiger partial charge in [-0.05, 0) is 0 Å². The molecule has 0 aromatic rings. The van der Waals surface area contributed by atoms with Crippen molar-refractivity contribution in [3.63, 3.8) is 0 Å². The number of allylic oxidation sites excluding steroid dienone is 1. The lowest BCUT2D eigenvalue weighted by Gasteiger charge is -2.27. The summed E-state index contributed by atoms with van der Waals surface area (Å²) in [6.07, 6.45) is -0.554. The van der Waals surface area contributed by atoms with Gasteiger partial charge in [0.15, 0.2) is 6.10 Å². The van der Waals surface area contributed by atoms with E-state index in [1.165, 1.54) is 0 Å². The van der Waals surface area contributed by atoms with Crippen molar-refractivity contribution in [3.8, 4) is 0 Å². The molecule has 1 aliphatic rings. The summed E-state index contributed by atoms with van der Waals surface area (Å²) in [5, 5.41) is 17.2. The molecule has 0 aliphatic carbocycles. The standard InChI is InChI=1S/C7H6Cl2O5/c8-7(9)1-3(5(10)11)14-4(2-7)6(12)13/h1,4H,2H2,(H,10,11)(H,12,13). The molecule has 14 heavy (non-hydrogen) atoms. The molecule has 0 amide bonds. The number of aliphatic carboxylic acids is 2. The minimum absolute atomic E-state index is 0.192. The fourth-order valence-electron chi connectivity index (χ4n) is 0.977. The van der Waals surface area contributed by atoms with Crippen molar-refractivity contribution in [1.29, 1.82) is 0 Å². The molecule has 7 heteroatoms. The molecule has 78 valence electrons. The molecule has 1 unspecified atom stereocenters. The van der Waals surface area contributed by atoms with Gasteiger partial charge in [0.1, 0.15) is 4.33 Å². The van der Waals surface area contributed by atoms with E-state index in [9.17, 15) is 9.59 Å². The first-order valence-corrected chi connectivity index (χ1v) is 4.31. The first kappa shape index (κ1) is 11.1. The van der Waals surface area contributed by atoms with E-state index < -0.39 is 28.1 Å². The summed E-state index contributed by atoms with van der Waals surface area (Å²) >= 11 is 11.3. The van der Waals surface area contributed by atoms with Gasteiger partial charge in [0.25, 0.3) is 0 Å². The summed E-state index contributed by atoms with van der Waals surface area (Å²) in [5.41, 5.74) is 0. The van der Waals surface area contributed by atoms with Crippen molar-refractivity contribution >= 4 is 35.1 Å². The molecule has 0 spiro atoms. The van der Waals surface area contributed by atoms with Crippen molar-refractivity contribution in [1.82, 2.24) is 0 Å². The largest absolute Gasteiger partial charge is 0.479 e. The highest BCUT2D eigenvalue weighted by Crippen LogP contribution is 2.35. The fraction of sp³-hybridized carbons (Fsp3) is 0.429. The zero-order chi connectivity index (χ0) is 10.9. The Kier molecular flexibility index (Phi) is 2.92. The lowest BCUT2D eigenvalue weighted by molar-refractivity contribution is -0.152. The normalized spacial score (nSPS) is 24.7. The first-order valence-electron chi connectivity index (χ1n) is 3.55. The second-order valence-electron chi connectivity index (χ2n) is 2.72. The number of carboxylic acids is 2. The molecule has 2 N–H and O–H groups in total. The average Bonchev–Trinajstić information content (AvgIpc) is 2.01. The van der Waals surface area contributed by atoms with Crippen LogP contribution in [0.25, 0.3) is 0 Å². The highest BCUT2D eigenvalue weighted by Gasteiger charge is 2.39. The molecule has 1 heterocycles. The quantitative estimate of drug-likeness (QED) is 0.704. The van der Waals surface area contributed by atoms with Crippen LogP contribution in [0.3, 0.4) is 0 Å². The Morgan fingerprint density at radius 3 is 2.50 bits per heavy atom. The van der Waals surface area contributed by atoms with Gasteiger partial charge in [-0.15, -0.1) is 0 Å². The van der Waals surface area contributed by atoms with Gasteiger partial charge in [-0.3, -0.25) is 0 Å². The topological polar surface area (TPSA) is 83.8 Å². The molecule has 0 radical (unpaired) electrons. The Hall–Kier alpha value is -0.940. The fourth-order valence-corrected chi connectivity index (χ4v) is 1.46. The van der Waals surface area contributed by atoms with Crippen molar-refractivity contribution in [2.45, 2.75) is 16.9 Å². The van der Waals surface area contributed by atoms with E-state index >= 15 is 0 Å². The minimum Gasteiger partial charge on any atom is -0.479 e. The summed E-state index contributed by atoms with van der Waals surface area (Å²) in [7, 11) is 0. The molecule has 0 aromatic carbocycles. The van der Waals surface area contributed by atoms with Gasteiger partial charge in [0.05, 0.1) is 0 Å². The molecule has 1 rings (SSSR count). The van der Waals surface area contributed by atoms with Crippen molar-refractivity contribution in [2.75, 3.05) is 0 Å². The summed E-state index contributed by atoms with van der Waals surface area (Å²) in [6.45, 7) is 0. The lowest BCUT2D eigenvalue weighted by atomic mass is 10.1. The van der Waals surface area contributed by atoms with Crippen molar-refractivity contribution < 1.29 is 24.5 Å². The maximum absolute atomic E-state index is 10.5. The minimum atomic E-state index is -1.52. The van der Waals surface area contributed by atoms with Crippen LogP contribution in [0.15, 0.2) is 11.8 Å². The van der Waals surface area contributed by atoms with Crippen LogP contribution in [0.4, 0.5) is 0 Å². The zero-order valence-corrected chi connectivity index (χ0v) is 8.25. The average molecular weight is 241 g/mol. The number of carbonyl (C=O) groups is 2. The second kappa shape index (κ2) is 3.67. The molecule has 0 bridgehead atoms. The second-order valence-corrected chi connectivity index (χ2v) is 4.27. The van der Waals surface area contributed by atoms with E-state index in [4.69, 9.17) is 33.4 Å². The summed E-state index contributed by atoms with van der Waals surface area (Å²) < 4.78 is 3.12. The molecule has 5 nitrogen and oxygen atoms in total. The van der Waals surface area contributed by atoms with Crippen LogP contribution in [-0.2, 0) is 14.3 Å². The highest BCUT2D eigenvalue weighted by atomic mass is 35.5. The van der Waals surface area contributed by atoms with E-state index in [0.717, 1.165) is 6.08 Å². The zero-order valence-electron chi connectivity index (χ0n) is 6.74. The summed E-state index contributed by atoms with van der Waals surface area (Å²) in [5.74, 6) is -3.25. The van der Waals surface area contributed by atoms with Gasteiger partial charge in [-0.25, -0.2) is 9.59 Å². The van der Waals surface area contributed by atoms with Gasteiger partial charge in [0.2, 0.25) is 5.76 Å². The third-order valence-electron chi connectivity index (χ3n) is 1.56. The van der Waals surface area contributed by atoms with Gasteiger partial charge >= 0.3 is 11.9 Å². The Balaban J connectivity index is 2.94. The molecule has 0 saturated heterocycles. The predicted octanol–water partition coefficient (Wildman–Crippen LogP) is 1.00. The highest BCUT2D eigenvalue weighted by molar-refractivity contribution is 6.50. The number of hydrogen-bond donors (Lipinski definition) is 2. The van der Waals surface area contributed by atoms with Crippen LogP contribution >= 0.6 is 23.2 Å². The van der Waals surface area contributed by atoms with E-state index in [-0.39, 0.29) is 6.42 Å². The molecular formula is C7H6Cl2O5. The van der Waals surface area contributed by atoms with Crippen LogP contribution in [0, 0.1) is 0 Å². The van der Waals surface area contributed by atoms with Crippen molar-refractivity contribution in [3.05, 3.63) is 11.8 Å². The van der Waals surface area contributed by atoms with Gasteiger partial charge in [0, 0.05) is 12.5 Å². The first-order chi connectivity index (χ1) is 6.32. The molecular weight excluding hydrogens is 235 g/mol. The van der Waals surface area contributed by atoms with E-state index in [1.54, 1.807) is 0 Å². The number of alkyl halides is 2. The SMILES string of the molecule is O=C(O)C1=CC(Cl)(Cl)CC(C(=O)O)O1. The van der Waals surface area contributed by atoms with E-state index in [2.05, 4.69) is 4.74 Å².